The molecule has 0 spiro atoms. The van der Waals surface area contributed by atoms with Crippen LogP contribution in [-0.4, -0.2) is 19.8 Å². The Kier molecular flexibility index (Phi) is 4.79. The fraction of sp³-hybridized carbons (Fsp3) is 0.625. The monoisotopic (exact) mass is 247 g/mol. The Bertz CT molecular complexity index is 383. The smallest absolute Gasteiger partial charge is 0.0512 e. The van der Waals surface area contributed by atoms with E-state index in [1.165, 1.54) is 29.5 Å². The van der Waals surface area contributed by atoms with E-state index in [-0.39, 0.29) is 0 Å². The van der Waals surface area contributed by atoms with Gasteiger partial charge in [-0.1, -0.05) is 30.7 Å². The predicted molar refractivity (Wildman–Crippen MR) is 75.9 cm³/mol. The number of nitrogens with one attached hydrogen (secondary N) is 1. The van der Waals surface area contributed by atoms with Gasteiger partial charge in [0, 0.05) is 18.6 Å². The molecule has 0 aromatic heterocycles. The third kappa shape index (κ3) is 3.12. The Balaban J connectivity index is 2.22. The molecule has 1 heterocycles. The molecule has 1 N–H and O–H groups in total. The molecule has 2 atom stereocenters. The Morgan fingerprint density at radius 1 is 1.39 bits per heavy atom. The second kappa shape index (κ2) is 6.35. The van der Waals surface area contributed by atoms with Crippen molar-refractivity contribution >= 4 is 0 Å². The van der Waals surface area contributed by atoms with Crippen molar-refractivity contribution in [1.29, 1.82) is 0 Å². The van der Waals surface area contributed by atoms with Crippen molar-refractivity contribution < 1.29 is 4.74 Å². The molecule has 1 saturated heterocycles. The summed E-state index contributed by atoms with van der Waals surface area (Å²) in [5.74, 6) is 0.611. The molecule has 2 unspecified atom stereocenters. The fourth-order valence-electron chi connectivity index (χ4n) is 2.95. The van der Waals surface area contributed by atoms with Gasteiger partial charge in [-0.25, -0.2) is 0 Å². The number of hydrogen-bond acceptors (Lipinski definition) is 2. The van der Waals surface area contributed by atoms with Crippen LogP contribution in [0.25, 0.3) is 0 Å². The zero-order valence-electron chi connectivity index (χ0n) is 11.8. The van der Waals surface area contributed by atoms with E-state index in [4.69, 9.17) is 4.74 Å². The number of hydrogen-bond donors (Lipinski definition) is 1. The number of rotatable bonds is 4. The van der Waals surface area contributed by atoms with E-state index in [0.717, 1.165) is 19.8 Å². The van der Waals surface area contributed by atoms with Crippen LogP contribution in [0.1, 0.15) is 42.5 Å². The third-order valence-electron chi connectivity index (χ3n) is 3.85. The molecule has 1 aromatic carbocycles. The maximum absolute atomic E-state index is 5.65. The molecule has 1 aliphatic rings. The van der Waals surface area contributed by atoms with Crippen molar-refractivity contribution in [1.82, 2.24) is 5.32 Å². The van der Waals surface area contributed by atoms with Gasteiger partial charge < -0.3 is 10.1 Å². The fourth-order valence-corrected chi connectivity index (χ4v) is 2.95. The molecular weight excluding hydrogens is 222 g/mol. The second-order valence-corrected chi connectivity index (χ2v) is 5.37. The lowest BCUT2D eigenvalue weighted by atomic mass is 9.86. The second-order valence-electron chi connectivity index (χ2n) is 5.37. The van der Waals surface area contributed by atoms with Gasteiger partial charge in [0.2, 0.25) is 0 Å². The largest absolute Gasteiger partial charge is 0.381 e. The molecule has 0 radical (unpaired) electrons. The summed E-state index contributed by atoms with van der Waals surface area (Å²) >= 11 is 0. The maximum Gasteiger partial charge on any atom is 0.0512 e. The highest BCUT2D eigenvalue weighted by atomic mass is 16.5. The van der Waals surface area contributed by atoms with Gasteiger partial charge in [0.25, 0.3) is 0 Å². The Morgan fingerprint density at radius 3 is 2.83 bits per heavy atom. The van der Waals surface area contributed by atoms with E-state index >= 15 is 0 Å². The number of aryl methyl sites for hydroxylation is 2. The summed E-state index contributed by atoms with van der Waals surface area (Å²) in [4.78, 5) is 0. The van der Waals surface area contributed by atoms with E-state index in [2.05, 4.69) is 44.3 Å². The highest BCUT2D eigenvalue weighted by Gasteiger charge is 2.25. The SMILES string of the molecule is CCNC(c1ccc(C)cc1C)C1CCCOC1. The van der Waals surface area contributed by atoms with E-state index in [1.54, 1.807) is 0 Å². The van der Waals surface area contributed by atoms with Crippen LogP contribution in [0.3, 0.4) is 0 Å². The maximum atomic E-state index is 5.65. The van der Waals surface area contributed by atoms with Crippen molar-refractivity contribution in [3.05, 3.63) is 34.9 Å². The Morgan fingerprint density at radius 2 is 2.22 bits per heavy atom. The van der Waals surface area contributed by atoms with Gasteiger partial charge in [0.15, 0.2) is 0 Å². The van der Waals surface area contributed by atoms with E-state index in [0.29, 0.717) is 12.0 Å². The average Bonchev–Trinajstić information content (AvgIpc) is 2.38. The normalized spacial score (nSPS) is 21.8. The first-order valence-corrected chi connectivity index (χ1v) is 7.10. The average molecular weight is 247 g/mol. The summed E-state index contributed by atoms with van der Waals surface area (Å²) in [6.07, 6.45) is 2.46. The first kappa shape index (κ1) is 13.6. The van der Waals surface area contributed by atoms with Crippen LogP contribution in [0.4, 0.5) is 0 Å². The van der Waals surface area contributed by atoms with Gasteiger partial charge in [-0.2, -0.15) is 0 Å². The van der Waals surface area contributed by atoms with Gasteiger partial charge in [-0.05, 0) is 44.4 Å². The molecule has 2 rings (SSSR count). The highest BCUT2D eigenvalue weighted by Crippen LogP contribution is 2.30. The summed E-state index contributed by atoms with van der Waals surface area (Å²) in [5, 5.41) is 3.65. The van der Waals surface area contributed by atoms with Crippen LogP contribution >= 0.6 is 0 Å². The van der Waals surface area contributed by atoms with Crippen LogP contribution in [0.2, 0.25) is 0 Å². The summed E-state index contributed by atoms with van der Waals surface area (Å²) in [5.41, 5.74) is 4.18. The zero-order chi connectivity index (χ0) is 13.0. The Labute approximate surface area is 111 Å². The highest BCUT2D eigenvalue weighted by molar-refractivity contribution is 5.33. The zero-order valence-corrected chi connectivity index (χ0v) is 11.8. The summed E-state index contributed by atoms with van der Waals surface area (Å²) in [6, 6.07) is 7.22. The van der Waals surface area contributed by atoms with Crippen molar-refractivity contribution in [3.8, 4) is 0 Å². The van der Waals surface area contributed by atoms with Gasteiger partial charge >= 0.3 is 0 Å². The van der Waals surface area contributed by atoms with Crippen molar-refractivity contribution in [3.63, 3.8) is 0 Å². The molecule has 1 aliphatic heterocycles. The van der Waals surface area contributed by atoms with Crippen molar-refractivity contribution in [2.45, 2.75) is 39.7 Å². The minimum atomic E-state index is 0.441. The molecule has 1 aromatic rings. The third-order valence-corrected chi connectivity index (χ3v) is 3.85. The van der Waals surface area contributed by atoms with E-state index in [9.17, 15) is 0 Å². The molecule has 0 bridgehead atoms. The van der Waals surface area contributed by atoms with Crippen LogP contribution in [0.15, 0.2) is 18.2 Å². The van der Waals surface area contributed by atoms with Gasteiger partial charge in [-0.15, -0.1) is 0 Å². The van der Waals surface area contributed by atoms with Gasteiger partial charge in [0.1, 0.15) is 0 Å². The molecule has 0 saturated carbocycles. The Hall–Kier alpha value is -0.860. The number of ether oxygens (including phenoxy) is 1. The summed E-state index contributed by atoms with van der Waals surface area (Å²) in [7, 11) is 0. The van der Waals surface area contributed by atoms with Crippen molar-refractivity contribution in [2.75, 3.05) is 19.8 Å². The molecule has 100 valence electrons. The standard InChI is InChI=1S/C16H25NO/c1-4-17-16(14-6-5-9-18-11-14)15-8-7-12(2)10-13(15)3/h7-8,10,14,16-17H,4-6,9,11H2,1-3H3. The molecule has 18 heavy (non-hydrogen) atoms. The first-order valence-electron chi connectivity index (χ1n) is 7.10. The lowest BCUT2D eigenvalue weighted by Gasteiger charge is -2.32. The van der Waals surface area contributed by atoms with Crippen LogP contribution < -0.4 is 5.32 Å². The van der Waals surface area contributed by atoms with Gasteiger partial charge in [0.05, 0.1) is 6.61 Å². The quantitative estimate of drug-likeness (QED) is 0.880. The summed E-state index contributed by atoms with van der Waals surface area (Å²) < 4.78 is 5.65. The lowest BCUT2D eigenvalue weighted by molar-refractivity contribution is 0.0392. The minimum absolute atomic E-state index is 0.441. The lowest BCUT2D eigenvalue weighted by Crippen LogP contribution is -2.33. The summed E-state index contributed by atoms with van der Waals surface area (Å²) in [6.45, 7) is 9.39. The minimum Gasteiger partial charge on any atom is -0.381 e. The topological polar surface area (TPSA) is 21.3 Å². The predicted octanol–water partition coefficient (Wildman–Crippen LogP) is 3.38. The van der Waals surface area contributed by atoms with Crippen molar-refractivity contribution in [2.24, 2.45) is 5.92 Å². The van der Waals surface area contributed by atoms with Gasteiger partial charge in [-0.3, -0.25) is 0 Å². The van der Waals surface area contributed by atoms with Crippen LogP contribution in [0, 0.1) is 19.8 Å². The first-order chi connectivity index (χ1) is 8.72. The molecule has 0 aliphatic carbocycles. The molecule has 2 heteroatoms. The van der Waals surface area contributed by atoms with Crippen LogP contribution in [-0.2, 0) is 4.74 Å². The van der Waals surface area contributed by atoms with E-state index in [1.807, 2.05) is 0 Å². The number of benzene rings is 1. The molecule has 2 nitrogen and oxygen atoms in total. The van der Waals surface area contributed by atoms with E-state index < -0.39 is 0 Å². The molecular formula is C16H25NO. The molecule has 1 fully saturated rings. The van der Waals surface area contributed by atoms with Crippen LogP contribution in [0.5, 0.6) is 0 Å². The molecule has 0 amide bonds.